The number of carboxylic acids is 1. The van der Waals surface area contributed by atoms with Crippen molar-refractivity contribution in [1.29, 1.82) is 0 Å². The van der Waals surface area contributed by atoms with Crippen molar-refractivity contribution in [3.8, 4) is 0 Å². The third-order valence-electron chi connectivity index (χ3n) is 7.80. The normalized spacial score (nSPS) is 18.7. The van der Waals surface area contributed by atoms with Crippen LogP contribution in [0.4, 0.5) is 4.79 Å². The molecule has 38 heavy (non-hydrogen) atoms. The summed E-state index contributed by atoms with van der Waals surface area (Å²) < 4.78 is 32.1. The van der Waals surface area contributed by atoms with Gasteiger partial charge in [-0.15, -0.1) is 0 Å². The molecule has 206 valence electrons. The molecule has 2 fully saturated rings. The molecule has 2 saturated heterocycles. The van der Waals surface area contributed by atoms with Crippen molar-refractivity contribution in [3.63, 3.8) is 0 Å². The van der Waals surface area contributed by atoms with E-state index in [0.717, 1.165) is 30.5 Å². The Balaban J connectivity index is 1.35. The number of rotatable bonds is 9. The second kappa shape index (κ2) is 12.3. The fraction of sp³-hybridized carbons (Fsp3) is 0.536. The number of benzene rings is 1. The Morgan fingerprint density at radius 1 is 1.03 bits per heavy atom. The van der Waals surface area contributed by atoms with Crippen LogP contribution in [0.5, 0.6) is 0 Å². The number of carboxylic acid groups (broad SMARTS) is 1. The third kappa shape index (κ3) is 6.02. The molecule has 3 heterocycles. The molecule has 0 aliphatic carbocycles. The minimum Gasteiger partial charge on any atom is -0.480 e. The number of carbonyl (C=O) groups excluding carboxylic acids is 1. The van der Waals surface area contributed by atoms with Crippen LogP contribution in [0.2, 0.25) is 0 Å². The number of aliphatic carboxylic acids is 1. The van der Waals surface area contributed by atoms with E-state index in [1.165, 1.54) is 14.8 Å². The maximum absolute atomic E-state index is 13.7. The maximum atomic E-state index is 13.7. The Bertz CT molecular complexity index is 1190. The molecule has 1 amide bonds. The third-order valence-corrected chi connectivity index (χ3v) is 10.4. The molecular formula is C28H37N3O6S. The molecule has 2 aliphatic heterocycles. The lowest BCUT2D eigenvalue weighted by atomic mass is 9.93. The molecule has 0 spiro atoms. The van der Waals surface area contributed by atoms with E-state index in [1.54, 1.807) is 0 Å². The molecule has 4 rings (SSSR count). The van der Waals surface area contributed by atoms with Gasteiger partial charge in [0.1, 0.15) is 6.61 Å². The van der Waals surface area contributed by atoms with Crippen LogP contribution < -0.4 is 0 Å². The van der Waals surface area contributed by atoms with E-state index in [2.05, 4.69) is 18.0 Å². The lowest BCUT2D eigenvalue weighted by Gasteiger charge is -2.42. The number of aromatic nitrogens is 1. The number of likely N-dealkylation sites (tertiary alicyclic amines) is 1. The molecule has 0 radical (unpaired) electrons. The molecule has 2 aromatic rings. The summed E-state index contributed by atoms with van der Waals surface area (Å²) >= 11 is 0. The Morgan fingerprint density at radius 3 is 2.29 bits per heavy atom. The number of carbonyl (C=O) groups is 2. The average Bonchev–Trinajstić information content (AvgIpc) is 2.95. The highest BCUT2D eigenvalue weighted by atomic mass is 32.2. The van der Waals surface area contributed by atoms with E-state index in [9.17, 15) is 23.1 Å². The lowest BCUT2D eigenvalue weighted by molar-refractivity contribution is -0.141. The minimum absolute atomic E-state index is 0.00389. The maximum Gasteiger partial charge on any atom is 0.410 e. The van der Waals surface area contributed by atoms with Gasteiger partial charge in [0.25, 0.3) is 0 Å². The molecule has 1 N–H and O–H groups in total. The van der Waals surface area contributed by atoms with Crippen molar-refractivity contribution in [2.45, 2.75) is 69.1 Å². The van der Waals surface area contributed by atoms with Crippen molar-refractivity contribution in [2.75, 3.05) is 26.2 Å². The quantitative estimate of drug-likeness (QED) is 0.504. The van der Waals surface area contributed by atoms with Crippen LogP contribution in [0, 0.1) is 0 Å². The van der Waals surface area contributed by atoms with Crippen molar-refractivity contribution >= 4 is 22.1 Å². The summed E-state index contributed by atoms with van der Waals surface area (Å²) in [6, 6.07) is 13.4. The molecule has 0 atom stereocenters. The molecule has 1 aromatic carbocycles. The van der Waals surface area contributed by atoms with Gasteiger partial charge < -0.3 is 14.7 Å². The zero-order valence-electron chi connectivity index (χ0n) is 21.9. The average molecular weight is 544 g/mol. The predicted octanol–water partition coefficient (Wildman–Crippen LogP) is 4.19. The van der Waals surface area contributed by atoms with E-state index >= 15 is 0 Å². The molecule has 0 unspecified atom stereocenters. The summed E-state index contributed by atoms with van der Waals surface area (Å²) in [5.74, 6) is -1.22. The molecule has 2 aliphatic rings. The van der Waals surface area contributed by atoms with Gasteiger partial charge in [0.15, 0.2) is 4.75 Å². The number of piperidine rings is 2. The van der Waals surface area contributed by atoms with E-state index < -0.39 is 26.8 Å². The van der Waals surface area contributed by atoms with Crippen LogP contribution in [0.1, 0.15) is 68.2 Å². The first kappa shape index (κ1) is 28.0. The zero-order valence-corrected chi connectivity index (χ0v) is 22.7. The second-order valence-electron chi connectivity index (χ2n) is 10.2. The number of hydrogen-bond acceptors (Lipinski definition) is 6. The van der Waals surface area contributed by atoms with Gasteiger partial charge in [-0.25, -0.2) is 17.5 Å². The van der Waals surface area contributed by atoms with Gasteiger partial charge in [-0.05, 0) is 55.7 Å². The number of amides is 1. The lowest BCUT2D eigenvalue weighted by Crippen LogP contribution is -2.60. The molecule has 1 aromatic heterocycles. The van der Waals surface area contributed by atoms with Gasteiger partial charge in [0.2, 0.25) is 10.0 Å². The Morgan fingerprint density at radius 2 is 1.71 bits per heavy atom. The van der Waals surface area contributed by atoms with E-state index in [-0.39, 0.29) is 51.5 Å². The Labute approximate surface area is 224 Å². The molecule has 9 nitrogen and oxygen atoms in total. The van der Waals surface area contributed by atoms with Gasteiger partial charge in [-0.3, -0.25) is 9.78 Å². The summed E-state index contributed by atoms with van der Waals surface area (Å²) in [6.45, 7) is 2.77. The van der Waals surface area contributed by atoms with Crippen LogP contribution in [0.3, 0.4) is 0 Å². The van der Waals surface area contributed by atoms with Crippen molar-refractivity contribution < 1.29 is 27.9 Å². The van der Waals surface area contributed by atoms with Crippen LogP contribution in [0.25, 0.3) is 0 Å². The highest BCUT2D eigenvalue weighted by Crippen LogP contribution is 2.37. The van der Waals surface area contributed by atoms with Crippen molar-refractivity contribution in [3.05, 3.63) is 65.5 Å². The van der Waals surface area contributed by atoms with Gasteiger partial charge >= 0.3 is 12.1 Å². The summed E-state index contributed by atoms with van der Waals surface area (Å²) in [5, 5.41) is 10.1. The number of hydrogen-bond donors (Lipinski definition) is 1. The van der Waals surface area contributed by atoms with Gasteiger partial charge in [-0.1, -0.05) is 49.7 Å². The number of unbranched alkanes of at least 4 members (excludes halogenated alkanes) is 1. The Kier molecular flexibility index (Phi) is 9.04. The summed E-state index contributed by atoms with van der Waals surface area (Å²) in [6.07, 6.45) is 5.42. The summed E-state index contributed by atoms with van der Waals surface area (Å²) in [5.41, 5.74) is 3.00. The van der Waals surface area contributed by atoms with Gasteiger partial charge in [-0.2, -0.15) is 0 Å². The fourth-order valence-corrected chi connectivity index (χ4v) is 7.39. The number of pyridine rings is 1. The van der Waals surface area contributed by atoms with Crippen molar-refractivity contribution in [2.24, 2.45) is 0 Å². The summed E-state index contributed by atoms with van der Waals surface area (Å²) in [4.78, 5) is 30.9. The SMILES string of the molecule is CCCCc1ccc(C2CCN(S(=O)(=O)C3(C(=O)O)CCN(C(=O)OCc4ccccc4)CC3)CC2)nc1. The highest BCUT2D eigenvalue weighted by molar-refractivity contribution is 7.91. The fourth-order valence-electron chi connectivity index (χ4n) is 5.29. The molecule has 10 heteroatoms. The van der Waals surface area contributed by atoms with E-state index in [4.69, 9.17) is 4.74 Å². The standard InChI is InChI=1S/C28H37N3O6S/c1-2-3-7-22-10-11-25(29-20-22)24-12-16-31(17-13-24)38(35,36)28(26(32)33)14-18-30(19-15-28)27(34)37-21-23-8-5-4-6-9-23/h4-6,8-11,20,24H,2-3,7,12-19,21H2,1H3,(H,32,33). The number of nitrogens with zero attached hydrogens (tertiary/aromatic N) is 3. The number of ether oxygens (including phenoxy) is 1. The largest absolute Gasteiger partial charge is 0.480 e. The van der Waals surface area contributed by atoms with Crippen LogP contribution in [-0.2, 0) is 32.6 Å². The first-order valence-corrected chi connectivity index (χ1v) is 14.8. The molecule has 0 bridgehead atoms. The van der Waals surface area contributed by atoms with E-state index in [1.807, 2.05) is 42.6 Å². The van der Waals surface area contributed by atoms with Gasteiger partial charge in [0, 0.05) is 44.0 Å². The highest BCUT2D eigenvalue weighted by Gasteiger charge is 2.56. The van der Waals surface area contributed by atoms with Crippen molar-refractivity contribution in [1.82, 2.24) is 14.2 Å². The molecular weight excluding hydrogens is 506 g/mol. The Hall–Kier alpha value is -2.98. The van der Waals surface area contributed by atoms with Gasteiger partial charge in [0.05, 0.1) is 0 Å². The molecule has 0 saturated carbocycles. The van der Waals surface area contributed by atoms with Crippen LogP contribution in [-0.4, -0.2) is 70.7 Å². The first-order valence-electron chi connectivity index (χ1n) is 13.4. The number of sulfonamides is 1. The zero-order chi connectivity index (χ0) is 27.2. The van der Waals surface area contributed by atoms with Crippen LogP contribution >= 0.6 is 0 Å². The van der Waals surface area contributed by atoms with E-state index in [0.29, 0.717) is 12.8 Å². The second-order valence-corrected chi connectivity index (χ2v) is 12.4. The summed E-state index contributed by atoms with van der Waals surface area (Å²) in [7, 11) is -4.14. The van der Waals surface area contributed by atoms with Crippen LogP contribution in [0.15, 0.2) is 48.7 Å². The monoisotopic (exact) mass is 543 g/mol. The topological polar surface area (TPSA) is 117 Å². The minimum atomic E-state index is -4.14. The smallest absolute Gasteiger partial charge is 0.410 e. The predicted molar refractivity (Wildman–Crippen MR) is 143 cm³/mol. The first-order chi connectivity index (χ1) is 18.3. The number of aryl methyl sites for hydroxylation is 1.